The summed E-state index contributed by atoms with van der Waals surface area (Å²) in [6.45, 7) is 4.98. The van der Waals surface area contributed by atoms with E-state index in [1.807, 2.05) is 58.3 Å². The van der Waals surface area contributed by atoms with E-state index >= 15 is 0 Å². The Labute approximate surface area is 184 Å². The lowest BCUT2D eigenvalue weighted by atomic mass is 10.1. The van der Waals surface area contributed by atoms with Gasteiger partial charge in [-0.2, -0.15) is 0 Å². The van der Waals surface area contributed by atoms with E-state index in [1.54, 1.807) is 0 Å². The number of nitrogens with zero attached hydrogens (tertiary/aromatic N) is 2. The molecule has 2 aromatic rings. The Hall–Kier alpha value is -3.02. The number of ether oxygens (including phenoxy) is 1. The summed E-state index contributed by atoms with van der Waals surface area (Å²) in [6.07, 6.45) is 5.05. The second-order valence-electron chi connectivity index (χ2n) is 8.30. The van der Waals surface area contributed by atoms with Crippen LogP contribution in [0.1, 0.15) is 48.5 Å². The van der Waals surface area contributed by atoms with Crippen molar-refractivity contribution < 1.29 is 14.3 Å². The molecule has 31 heavy (non-hydrogen) atoms. The Balaban J connectivity index is 1.30. The van der Waals surface area contributed by atoms with Crippen molar-refractivity contribution in [2.45, 2.75) is 45.1 Å². The molecule has 6 heteroatoms. The van der Waals surface area contributed by atoms with Gasteiger partial charge in [-0.3, -0.25) is 4.79 Å². The molecule has 2 aliphatic heterocycles. The number of amides is 3. The van der Waals surface area contributed by atoms with Gasteiger partial charge in [-0.1, -0.05) is 19.1 Å². The molecule has 2 aliphatic rings. The zero-order chi connectivity index (χ0) is 21.6. The third-order valence-corrected chi connectivity index (χ3v) is 6.19. The molecular formula is C25H31N3O3. The van der Waals surface area contributed by atoms with Gasteiger partial charge in [0.05, 0.1) is 6.04 Å². The van der Waals surface area contributed by atoms with Crippen LogP contribution in [0.2, 0.25) is 0 Å². The molecule has 3 amide bonds. The Morgan fingerprint density at radius 3 is 2.35 bits per heavy atom. The normalized spacial score (nSPS) is 18.3. The Morgan fingerprint density at radius 1 is 0.968 bits per heavy atom. The second kappa shape index (κ2) is 9.86. The maximum atomic E-state index is 12.8. The highest BCUT2D eigenvalue weighted by atomic mass is 16.5. The molecule has 1 unspecified atom stereocenters. The summed E-state index contributed by atoms with van der Waals surface area (Å²) in [4.78, 5) is 29.0. The van der Waals surface area contributed by atoms with Crippen LogP contribution in [0.25, 0.3) is 0 Å². The molecule has 2 aromatic carbocycles. The van der Waals surface area contributed by atoms with E-state index in [0.29, 0.717) is 12.2 Å². The van der Waals surface area contributed by atoms with Crippen molar-refractivity contribution in [1.82, 2.24) is 9.80 Å². The Bertz CT molecular complexity index is 889. The van der Waals surface area contributed by atoms with Gasteiger partial charge in [-0.15, -0.1) is 0 Å². The van der Waals surface area contributed by atoms with Crippen LogP contribution in [0.15, 0.2) is 48.5 Å². The maximum absolute atomic E-state index is 12.8. The largest absolute Gasteiger partial charge is 0.491 e. The monoisotopic (exact) mass is 421 g/mol. The highest BCUT2D eigenvalue weighted by Crippen LogP contribution is 2.22. The molecule has 0 aromatic heterocycles. The molecule has 6 nitrogen and oxygen atoms in total. The van der Waals surface area contributed by atoms with Crippen LogP contribution < -0.4 is 10.1 Å². The number of carbonyl (C=O) groups excluding carboxylic acids is 2. The first-order valence-electron chi connectivity index (χ1n) is 11.3. The van der Waals surface area contributed by atoms with E-state index in [4.69, 9.17) is 4.74 Å². The van der Waals surface area contributed by atoms with Crippen molar-refractivity contribution in [3.05, 3.63) is 59.7 Å². The molecular weight excluding hydrogens is 390 g/mol. The highest BCUT2D eigenvalue weighted by molar-refractivity contribution is 5.94. The molecule has 2 fully saturated rings. The number of likely N-dealkylation sites (tertiary alicyclic amines) is 2. The van der Waals surface area contributed by atoms with Crippen LogP contribution in [0, 0.1) is 0 Å². The Morgan fingerprint density at radius 2 is 1.68 bits per heavy atom. The van der Waals surface area contributed by atoms with Gasteiger partial charge >= 0.3 is 6.03 Å². The molecule has 0 saturated carbocycles. The maximum Gasteiger partial charge on any atom is 0.322 e. The van der Waals surface area contributed by atoms with Crippen LogP contribution in [-0.2, 0) is 6.42 Å². The number of anilines is 1. The topological polar surface area (TPSA) is 61.9 Å². The smallest absolute Gasteiger partial charge is 0.322 e. The standard InChI is InChI=1S/C25H31N3O3/c1-2-19-7-11-21(12-8-19)26-25(30)28-17-5-6-22(28)18-31-23-13-9-20(10-14-23)24(29)27-15-3-4-16-27/h7-14,22H,2-6,15-18H2,1H3,(H,26,30). The van der Waals surface area contributed by atoms with Gasteiger partial charge < -0.3 is 19.9 Å². The summed E-state index contributed by atoms with van der Waals surface area (Å²) >= 11 is 0. The lowest BCUT2D eigenvalue weighted by Gasteiger charge is -2.25. The van der Waals surface area contributed by atoms with Gasteiger partial charge in [-0.25, -0.2) is 4.79 Å². The third kappa shape index (κ3) is 5.19. The summed E-state index contributed by atoms with van der Waals surface area (Å²) in [5.74, 6) is 0.815. The lowest BCUT2D eigenvalue weighted by molar-refractivity contribution is 0.0792. The fourth-order valence-electron chi connectivity index (χ4n) is 4.28. The summed E-state index contributed by atoms with van der Waals surface area (Å²) in [6, 6.07) is 15.3. The minimum atomic E-state index is -0.0816. The van der Waals surface area contributed by atoms with E-state index in [1.165, 1.54) is 5.56 Å². The van der Waals surface area contributed by atoms with E-state index in [9.17, 15) is 9.59 Å². The number of aryl methyl sites for hydroxylation is 1. The number of hydrogen-bond donors (Lipinski definition) is 1. The van der Waals surface area contributed by atoms with E-state index in [0.717, 1.165) is 63.2 Å². The zero-order valence-electron chi connectivity index (χ0n) is 18.2. The van der Waals surface area contributed by atoms with Gasteiger partial charge in [-0.05, 0) is 74.1 Å². The zero-order valence-corrected chi connectivity index (χ0v) is 18.2. The average Bonchev–Trinajstić information content (AvgIpc) is 3.50. The summed E-state index contributed by atoms with van der Waals surface area (Å²) in [5, 5.41) is 3.00. The second-order valence-corrected chi connectivity index (χ2v) is 8.30. The van der Waals surface area contributed by atoms with Gasteiger partial charge in [0, 0.05) is 30.9 Å². The van der Waals surface area contributed by atoms with Gasteiger partial charge in [0.25, 0.3) is 5.91 Å². The number of rotatable bonds is 6. The fraction of sp³-hybridized carbons (Fsp3) is 0.440. The third-order valence-electron chi connectivity index (χ3n) is 6.19. The highest BCUT2D eigenvalue weighted by Gasteiger charge is 2.29. The van der Waals surface area contributed by atoms with Crippen LogP contribution in [0.4, 0.5) is 10.5 Å². The number of nitrogens with one attached hydrogen (secondary N) is 1. The average molecular weight is 422 g/mol. The minimum Gasteiger partial charge on any atom is -0.491 e. The minimum absolute atomic E-state index is 0.0424. The fourth-order valence-corrected chi connectivity index (χ4v) is 4.28. The van der Waals surface area contributed by atoms with Crippen LogP contribution >= 0.6 is 0 Å². The summed E-state index contributed by atoms with van der Waals surface area (Å²) < 4.78 is 5.96. The van der Waals surface area contributed by atoms with Crippen molar-refractivity contribution in [3.63, 3.8) is 0 Å². The lowest BCUT2D eigenvalue weighted by Crippen LogP contribution is -2.41. The van der Waals surface area contributed by atoms with Gasteiger partial charge in [0.1, 0.15) is 12.4 Å². The number of benzene rings is 2. The molecule has 0 aliphatic carbocycles. The molecule has 2 heterocycles. The van der Waals surface area contributed by atoms with Crippen LogP contribution in [0.3, 0.4) is 0 Å². The molecule has 0 bridgehead atoms. The van der Waals surface area contributed by atoms with Gasteiger partial charge in [0.15, 0.2) is 0 Å². The number of hydrogen-bond acceptors (Lipinski definition) is 3. The Kier molecular flexibility index (Phi) is 6.75. The van der Waals surface area contributed by atoms with E-state index in [-0.39, 0.29) is 18.0 Å². The molecule has 2 saturated heterocycles. The van der Waals surface area contributed by atoms with Crippen molar-refractivity contribution in [3.8, 4) is 5.75 Å². The summed E-state index contributed by atoms with van der Waals surface area (Å²) in [7, 11) is 0. The van der Waals surface area contributed by atoms with Crippen molar-refractivity contribution >= 4 is 17.6 Å². The number of carbonyl (C=O) groups is 2. The molecule has 1 atom stereocenters. The first-order valence-corrected chi connectivity index (χ1v) is 11.3. The first-order chi connectivity index (χ1) is 15.1. The summed E-state index contributed by atoms with van der Waals surface area (Å²) in [5.41, 5.74) is 2.76. The predicted molar refractivity (Wildman–Crippen MR) is 122 cm³/mol. The molecule has 4 rings (SSSR count). The molecule has 0 spiro atoms. The molecule has 164 valence electrons. The van der Waals surface area contributed by atoms with Crippen molar-refractivity contribution in [2.24, 2.45) is 0 Å². The first kappa shape index (κ1) is 21.2. The SMILES string of the molecule is CCc1ccc(NC(=O)N2CCCC2COc2ccc(C(=O)N3CCCC3)cc2)cc1. The van der Waals surface area contributed by atoms with Gasteiger partial charge in [0.2, 0.25) is 0 Å². The predicted octanol–water partition coefficient (Wildman–Crippen LogP) is 4.56. The van der Waals surface area contributed by atoms with Crippen LogP contribution in [0.5, 0.6) is 5.75 Å². The molecule has 1 N–H and O–H groups in total. The quantitative estimate of drug-likeness (QED) is 0.744. The van der Waals surface area contributed by atoms with E-state index in [2.05, 4.69) is 12.2 Å². The van der Waals surface area contributed by atoms with E-state index < -0.39 is 0 Å². The number of urea groups is 1. The van der Waals surface area contributed by atoms with Crippen LogP contribution in [-0.4, -0.2) is 54.0 Å². The molecule has 0 radical (unpaired) electrons. The van der Waals surface area contributed by atoms with Crippen molar-refractivity contribution in [2.75, 3.05) is 31.6 Å². The van der Waals surface area contributed by atoms with Crippen molar-refractivity contribution in [1.29, 1.82) is 0 Å².